The molecule has 0 radical (unpaired) electrons. The summed E-state index contributed by atoms with van der Waals surface area (Å²) in [6.45, 7) is 6.89. The zero-order chi connectivity index (χ0) is 20.4. The third-order valence-electron chi connectivity index (χ3n) is 5.33. The summed E-state index contributed by atoms with van der Waals surface area (Å²) in [7, 11) is 0. The smallest absolute Gasteiger partial charge is 0.253 e. The van der Waals surface area contributed by atoms with Crippen LogP contribution in [0.25, 0.3) is 11.4 Å². The predicted octanol–water partition coefficient (Wildman–Crippen LogP) is 4.22. The molecule has 1 fully saturated rings. The number of carbonyl (C=O) groups is 1. The molecule has 7 heteroatoms. The van der Waals surface area contributed by atoms with E-state index in [9.17, 15) is 4.79 Å². The molecule has 0 N–H and O–H groups in total. The minimum absolute atomic E-state index is 0.00915. The third-order valence-corrected chi connectivity index (χ3v) is 5.56. The van der Waals surface area contributed by atoms with Crippen LogP contribution in [-0.4, -0.2) is 52.0 Å². The molecule has 1 aliphatic heterocycles. The van der Waals surface area contributed by atoms with Crippen molar-refractivity contribution in [2.24, 2.45) is 0 Å². The lowest BCUT2D eigenvalue weighted by atomic mass is 10.1. The van der Waals surface area contributed by atoms with Gasteiger partial charge >= 0.3 is 0 Å². The van der Waals surface area contributed by atoms with E-state index in [2.05, 4.69) is 22.0 Å². The number of amides is 1. The first-order chi connectivity index (χ1) is 14.0. The Kier molecular flexibility index (Phi) is 5.65. The Morgan fingerprint density at radius 3 is 2.52 bits per heavy atom. The zero-order valence-electron chi connectivity index (χ0n) is 16.5. The van der Waals surface area contributed by atoms with Crippen LogP contribution in [0.5, 0.6) is 0 Å². The molecule has 1 unspecified atom stereocenters. The van der Waals surface area contributed by atoms with E-state index in [1.165, 1.54) is 5.56 Å². The van der Waals surface area contributed by atoms with E-state index >= 15 is 0 Å². The van der Waals surface area contributed by atoms with Gasteiger partial charge in [0, 0.05) is 42.3 Å². The highest BCUT2D eigenvalue weighted by Crippen LogP contribution is 2.24. The molecule has 1 amide bonds. The fraction of sp³-hybridized carbons (Fsp3) is 0.318. The summed E-state index contributed by atoms with van der Waals surface area (Å²) >= 11 is 6.01. The second-order valence-corrected chi connectivity index (χ2v) is 7.77. The molecule has 1 saturated heterocycles. The average Bonchev–Trinajstić information content (AvgIpc) is 3.23. The molecular formula is C22H23ClN4O2. The number of aromatic nitrogens is 2. The van der Waals surface area contributed by atoms with Crippen molar-refractivity contribution >= 4 is 17.5 Å². The van der Waals surface area contributed by atoms with Gasteiger partial charge in [-0.2, -0.15) is 4.98 Å². The van der Waals surface area contributed by atoms with Crippen molar-refractivity contribution in [2.45, 2.75) is 19.9 Å². The Labute approximate surface area is 175 Å². The van der Waals surface area contributed by atoms with Crippen LogP contribution >= 0.6 is 11.6 Å². The van der Waals surface area contributed by atoms with Crippen molar-refractivity contribution < 1.29 is 9.32 Å². The molecular weight excluding hydrogens is 388 g/mol. The summed E-state index contributed by atoms with van der Waals surface area (Å²) in [6.07, 6.45) is 0. The van der Waals surface area contributed by atoms with Gasteiger partial charge in [0.15, 0.2) is 0 Å². The second-order valence-electron chi connectivity index (χ2n) is 7.34. The normalized spacial score (nSPS) is 16.0. The minimum atomic E-state index is -0.00915. The van der Waals surface area contributed by atoms with E-state index in [0.717, 1.165) is 18.7 Å². The van der Waals surface area contributed by atoms with Gasteiger partial charge in [-0.15, -0.1) is 0 Å². The summed E-state index contributed by atoms with van der Waals surface area (Å²) in [5.41, 5.74) is 2.75. The third kappa shape index (κ3) is 4.33. The topological polar surface area (TPSA) is 62.5 Å². The maximum Gasteiger partial charge on any atom is 0.253 e. The fourth-order valence-electron chi connectivity index (χ4n) is 3.50. The Balaban J connectivity index is 1.38. The van der Waals surface area contributed by atoms with Crippen LogP contribution in [0.15, 0.2) is 53.1 Å². The summed E-state index contributed by atoms with van der Waals surface area (Å²) in [4.78, 5) is 21.4. The number of rotatable bonds is 4. The number of nitrogens with zero attached hydrogens (tertiary/aromatic N) is 4. The van der Waals surface area contributed by atoms with Crippen molar-refractivity contribution in [1.29, 1.82) is 0 Å². The van der Waals surface area contributed by atoms with E-state index in [0.29, 0.717) is 35.4 Å². The zero-order valence-corrected chi connectivity index (χ0v) is 17.3. The first-order valence-corrected chi connectivity index (χ1v) is 10.1. The molecule has 2 heterocycles. The molecule has 2 aromatic carbocycles. The van der Waals surface area contributed by atoms with E-state index in [1.54, 1.807) is 24.3 Å². The Morgan fingerprint density at radius 1 is 1.10 bits per heavy atom. The molecule has 1 aliphatic rings. The molecule has 0 bridgehead atoms. The number of halogens is 1. The van der Waals surface area contributed by atoms with Gasteiger partial charge in [-0.25, -0.2) is 0 Å². The predicted molar refractivity (Wildman–Crippen MR) is 112 cm³/mol. The monoisotopic (exact) mass is 410 g/mol. The number of hydrogen-bond acceptors (Lipinski definition) is 5. The van der Waals surface area contributed by atoms with Gasteiger partial charge in [-0.05, 0) is 32.0 Å². The van der Waals surface area contributed by atoms with Gasteiger partial charge in [0.1, 0.15) is 0 Å². The van der Waals surface area contributed by atoms with Gasteiger partial charge in [-0.3, -0.25) is 9.69 Å². The Morgan fingerprint density at radius 2 is 1.83 bits per heavy atom. The molecule has 6 nitrogen and oxygen atoms in total. The highest BCUT2D eigenvalue weighted by molar-refractivity contribution is 6.30. The molecule has 150 valence electrons. The SMILES string of the molecule is Cc1ccc(-c2noc(C(C)N3CCN(C(=O)c4cccc(Cl)c4)CC3)n2)cc1. The van der Waals surface area contributed by atoms with Crippen LogP contribution in [0, 0.1) is 6.92 Å². The number of benzene rings is 2. The maximum absolute atomic E-state index is 12.7. The number of aryl methyl sites for hydroxylation is 1. The van der Waals surface area contributed by atoms with Gasteiger partial charge in [-0.1, -0.05) is 52.7 Å². The second kappa shape index (κ2) is 8.35. The molecule has 4 rings (SSSR count). The van der Waals surface area contributed by atoms with Crippen LogP contribution in [0.4, 0.5) is 0 Å². The van der Waals surface area contributed by atoms with Gasteiger partial charge < -0.3 is 9.42 Å². The number of piperazine rings is 1. The first kappa shape index (κ1) is 19.6. The molecule has 1 atom stereocenters. The van der Waals surface area contributed by atoms with Crippen LogP contribution in [0.1, 0.15) is 34.8 Å². The van der Waals surface area contributed by atoms with E-state index in [-0.39, 0.29) is 11.9 Å². The Hall–Kier alpha value is -2.70. The van der Waals surface area contributed by atoms with E-state index in [1.807, 2.05) is 36.1 Å². The first-order valence-electron chi connectivity index (χ1n) is 9.71. The van der Waals surface area contributed by atoms with Crippen LogP contribution in [0.2, 0.25) is 5.02 Å². The summed E-state index contributed by atoms with van der Waals surface area (Å²) in [5.74, 6) is 1.20. The summed E-state index contributed by atoms with van der Waals surface area (Å²) < 4.78 is 5.52. The number of carbonyl (C=O) groups excluding carboxylic acids is 1. The maximum atomic E-state index is 12.7. The van der Waals surface area contributed by atoms with Gasteiger partial charge in [0.2, 0.25) is 11.7 Å². The lowest BCUT2D eigenvalue weighted by Crippen LogP contribution is -2.49. The van der Waals surface area contributed by atoms with Crippen molar-refractivity contribution in [2.75, 3.05) is 26.2 Å². The van der Waals surface area contributed by atoms with Crippen molar-refractivity contribution in [3.63, 3.8) is 0 Å². The largest absolute Gasteiger partial charge is 0.337 e. The van der Waals surface area contributed by atoms with Crippen molar-refractivity contribution in [3.05, 3.63) is 70.6 Å². The molecule has 0 spiro atoms. The van der Waals surface area contributed by atoms with Crippen molar-refractivity contribution in [3.8, 4) is 11.4 Å². The highest BCUT2D eigenvalue weighted by atomic mass is 35.5. The van der Waals surface area contributed by atoms with E-state index in [4.69, 9.17) is 16.1 Å². The lowest BCUT2D eigenvalue weighted by molar-refractivity contribution is 0.0551. The Bertz CT molecular complexity index is 994. The van der Waals surface area contributed by atoms with Crippen molar-refractivity contribution in [1.82, 2.24) is 19.9 Å². The molecule has 29 heavy (non-hydrogen) atoms. The lowest BCUT2D eigenvalue weighted by Gasteiger charge is -2.36. The van der Waals surface area contributed by atoms with Crippen LogP contribution in [-0.2, 0) is 0 Å². The highest BCUT2D eigenvalue weighted by Gasteiger charge is 2.28. The van der Waals surface area contributed by atoms with Gasteiger partial charge in [0.25, 0.3) is 5.91 Å². The molecule has 1 aromatic heterocycles. The quantitative estimate of drug-likeness (QED) is 0.644. The molecule has 0 saturated carbocycles. The molecule has 0 aliphatic carbocycles. The standard InChI is InChI=1S/C22H23ClN4O2/c1-15-6-8-17(9-7-15)20-24-21(29-25-20)16(2)26-10-12-27(13-11-26)22(28)18-4-3-5-19(23)14-18/h3-9,14,16H,10-13H2,1-2H3. The van der Waals surface area contributed by atoms with E-state index < -0.39 is 0 Å². The summed E-state index contributed by atoms with van der Waals surface area (Å²) in [5, 5.41) is 4.71. The number of hydrogen-bond donors (Lipinski definition) is 0. The van der Waals surface area contributed by atoms with Crippen LogP contribution in [0.3, 0.4) is 0 Å². The molecule has 3 aromatic rings. The summed E-state index contributed by atoms with van der Waals surface area (Å²) in [6, 6.07) is 15.1. The van der Waals surface area contributed by atoms with Gasteiger partial charge in [0.05, 0.1) is 6.04 Å². The average molecular weight is 411 g/mol. The van der Waals surface area contributed by atoms with Crippen LogP contribution < -0.4 is 0 Å². The fourth-order valence-corrected chi connectivity index (χ4v) is 3.69. The minimum Gasteiger partial charge on any atom is -0.337 e.